The molecule has 0 atom stereocenters. The molecule has 0 unspecified atom stereocenters. The number of Topliss-reactive ketones (excluding diaryl/α,β-unsaturated/α-hetero) is 2. The smallest absolute Gasteiger partial charge is 0.165 e. The highest BCUT2D eigenvalue weighted by Gasteiger charge is 2.20. The van der Waals surface area contributed by atoms with Crippen LogP contribution in [0.5, 0.6) is 0 Å². The third-order valence-electron chi connectivity index (χ3n) is 1.46. The van der Waals surface area contributed by atoms with Crippen LogP contribution in [0.1, 0.15) is 13.8 Å². The Hall–Kier alpha value is -0.220. The molecular formula is C8H10O2S2. The predicted octanol–water partition coefficient (Wildman–Crippen LogP) is 1.86. The van der Waals surface area contributed by atoms with Gasteiger partial charge in [-0.05, 0) is 13.8 Å². The molecule has 1 fully saturated rings. The van der Waals surface area contributed by atoms with E-state index in [0.29, 0.717) is 5.57 Å². The van der Waals surface area contributed by atoms with Crippen LogP contribution >= 0.6 is 23.5 Å². The van der Waals surface area contributed by atoms with Gasteiger partial charge in [0.25, 0.3) is 0 Å². The lowest BCUT2D eigenvalue weighted by Gasteiger charge is -2.01. The van der Waals surface area contributed by atoms with Gasteiger partial charge in [-0.2, -0.15) is 0 Å². The molecular weight excluding hydrogens is 192 g/mol. The van der Waals surface area contributed by atoms with Crippen molar-refractivity contribution < 1.29 is 9.59 Å². The van der Waals surface area contributed by atoms with Crippen LogP contribution in [-0.4, -0.2) is 23.1 Å². The summed E-state index contributed by atoms with van der Waals surface area (Å²) in [5.41, 5.74) is 0.391. The van der Waals surface area contributed by atoms with Gasteiger partial charge in [0, 0.05) is 11.5 Å². The van der Waals surface area contributed by atoms with Crippen LogP contribution in [0.25, 0.3) is 0 Å². The molecule has 1 rings (SSSR count). The third-order valence-corrected chi connectivity index (χ3v) is 4.17. The van der Waals surface area contributed by atoms with E-state index in [9.17, 15) is 9.59 Å². The van der Waals surface area contributed by atoms with Gasteiger partial charge in [-0.25, -0.2) is 0 Å². The Morgan fingerprint density at radius 3 is 1.83 bits per heavy atom. The summed E-state index contributed by atoms with van der Waals surface area (Å²) in [6, 6.07) is 0. The molecule has 1 aliphatic heterocycles. The lowest BCUT2D eigenvalue weighted by molar-refractivity contribution is -0.119. The van der Waals surface area contributed by atoms with Crippen molar-refractivity contribution in [3.63, 3.8) is 0 Å². The molecule has 0 bridgehead atoms. The van der Waals surface area contributed by atoms with E-state index < -0.39 is 0 Å². The Morgan fingerprint density at radius 2 is 1.50 bits per heavy atom. The Kier molecular flexibility index (Phi) is 3.40. The maximum Gasteiger partial charge on any atom is 0.165 e. The lowest BCUT2D eigenvalue weighted by atomic mass is 10.1. The van der Waals surface area contributed by atoms with Gasteiger partial charge in [0.15, 0.2) is 11.6 Å². The van der Waals surface area contributed by atoms with Crippen molar-refractivity contribution in [2.24, 2.45) is 0 Å². The van der Waals surface area contributed by atoms with Crippen molar-refractivity contribution in [1.29, 1.82) is 0 Å². The zero-order chi connectivity index (χ0) is 9.14. The van der Waals surface area contributed by atoms with Gasteiger partial charge in [0.2, 0.25) is 0 Å². The molecule has 0 aromatic rings. The molecule has 0 aromatic carbocycles. The molecule has 1 saturated heterocycles. The van der Waals surface area contributed by atoms with Crippen LogP contribution in [0.4, 0.5) is 0 Å². The second kappa shape index (κ2) is 4.14. The molecule has 12 heavy (non-hydrogen) atoms. The second-order valence-corrected chi connectivity index (χ2v) is 4.94. The fourth-order valence-electron chi connectivity index (χ4n) is 0.990. The minimum absolute atomic E-state index is 0.112. The highest BCUT2D eigenvalue weighted by Crippen LogP contribution is 2.38. The van der Waals surface area contributed by atoms with Crippen molar-refractivity contribution in [3.8, 4) is 0 Å². The Morgan fingerprint density at radius 1 is 1.08 bits per heavy atom. The standard InChI is InChI=1S/C8H10O2S2/c1-5(9)7(6(2)10)8-11-3-4-12-8/h3-4H2,1-2H3. The number of carbonyl (C=O) groups excluding carboxylic acids is 2. The Bertz CT molecular complexity index is 232. The summed E-state index contributed by atoms with van der Waals surface area (Å²) in [5.74, 6) is 1.78. The number of thioether (sulfide) groups is 2. The van der Waals surface area contributed by atoms with E-state index in [-0.39, 0.29) is 11.6 Å². The molecule has 0 radical (unpaired) electrons. The summed E-state index contributed by atoms with van der Waals surface area (Å²) in [7, 11) is 0. The number of allylic oxidation sites excluding steroid dienone is 1. The van der Waals surface area contributed by atoms with Gasteiger partial charge in [-0.1, -0.05) is 0 Å². The summed E-state index contributed by atoms with van der Waals surface area (Å²) >= 11 is 3.22. The van der Waals surface area contributed by atoms with Gasteiger partial charge in [-0.3, -0.25) is 9.59 Å². The summed E-state index contributed by atoms with van der Waals surface area (Å²) in [4.78, 5) is 22.1. The van der Waals surface area contributed by atoms with Gasteiger partial charge >= 0.3 is 0 Å². The van der Waals surface area contributed by atoms with Crippen molar-refractivity contribution >= 4 is 35.1 Å². The van der Waals surface area contributed by atoms with Crippen molar-refractivity contribution in [1.82, 2.24) is 0 Å². The lowest BCUT2D eigenvalue weighted by Crippen LogP contribution is -2.07. The molecule has 0 aromatic heterocycles. The largest absolute Gasteiger partial charge is 0.294 e. The first-order chi connectivity index (χ1) is 5.63. The van der Waals surface area contributed by atoms with E-state index in [1.165, 1.54) is 13.8 Å². The van der Waals surface area contributed by atoms with Crippen molar-refractivity contribution in [3.05, 3.63) is 9.81 Å². The maximum absolute atomic E-state index is 11.1. The normalized spacial score (nSPS) is 16.3. The fraction of sp³-hybridized carbons (Fsp3) is 0.500. The molecule has 1 aliphatic rings. The highest BCUT2D eigenvalue weighted by molar-refractivity contribution is 8.25. The number of hydrogen-bond acceptors (Lipinski definition) is 4. The van der Waals surface area contributed by atoms with Gasteiger partial charge in [-0.15, -0.1) is 23.5 Å². The quantitative estimate of drug-likeness (QED) is 0.389. The monoisotopic (exact) mass is 202 g/mol. The van der Waals surface area contributed by atoms with Crippen molar-refractivity contribution in [2.75, 3.05) is 11.5 Å². The van der Waals surface area contributed by atoms with Gasteiger partial charge in [0.05, 0.1) is 9.81 Å². The van der Waals surface area contributed by atoms with E-state index in [1.807, 2.05) is 0 Å². The highest BCUT2D eigenvalue weighted by atomic mass is 32.2. The predicted molar refractivity (Wildman–Crippen MR) is 53.3 cm³/mol. The number of ketones is 2. The third kappa shape index (κ3) is 2.14. The van der Waals surface area contributed by atoms with Crippen LogP contribution in [0.15, 0.2) is 9.81 Å². The summed E-state index contributed by atoms with van der Waals surface area (Å²) in [5, 5.41) is 0. The Balaban J connectivity index is 2.97. The SMILES string of the molecule is CC(=O)C(C(C)=O)=C1SCCS1. The minimum atomic E-state index is -0.112. The molecule has 0 amide bonds. The number of carbonyl (C=O) groups is 2. The van der Waals surface area contributed by atoms with Crippen LogP contribution in [0, 0.1) is 0 Å². The number of rotatable bonds is 2. The molecule has 0 saturated carbocycles. The molecule has 66 valence electrons. The molecule has 4 heteroatoms. The summed E-state index contributed by atoms with van der Waals surface area (Å²) in [6.07, 6.45) is 0. The van der Waals surface area contributed by atoms with E-state index in [4.69, 9.17) is 0 Å². The maximum atomic E-state index is 11.1. The summed E-state index contributed by atoms with van der Waals surface area (Å²) < 4.78 is 0.912. The first-order valence-electron chi connectivity index (χ1n) is 3.64. The first-order valence-corrected chi connectivity index (χ1v) is 5.62. The van der Waals surface area contributed by atoms with Gasteiger partial charge < -0.3 is 0 Å². The van der Waals surface area contributed by atoms with Gasteiger partial charge in [0.1, 0.15) is 0 Å². The topological polar surface area (TPSA) is 34.1 Å². The average molecular weight is 202 g/mol. The first kappa shape index (κ1) is 9.86. The molecule has 0 spiro atoms. The van der Waals surface area contributed by atoms with E-state index >= 15 is 0 Å². The molecule has 0 aliphatic carbocycles. The summed E-state index contributed by atoms with van der Waals surface area (Å²) in [6.45, 7) is 2.90. The molecule has 0 N–H and O–H groups in total. The van der Waals surface area contributed by atoms with E-state index in [1.54, 1.807) is 23.5 Å². The fourth-order valence-corrected chi connectivity index (χ4v) is 3.72. The van der Waals surface area contributed by atoms with Crippen LogP contribution in [-0.2, 0) is 9.59 Å². The second-order valence-electron chi connectivity index (χ2n) is 2.47. The van der Waals surface area contributed by atoms with Crippen LogP contribution < -0.4 is 0 Å². The van der Waals surface area contributed by atoms with Crippen LogP contribution in [0.3, 0.4) is 0 Å². The van der Waals surface area contributed by atoms with Crippen molar-refractivity contribution in [2.45, 2.75) is 13.8 Å². The van der Waals surface area contributed by atoms with E-state index in [2.05, 4.69) is 0 Å². The Labute approximate surface area is 80.2 Å². The number of hydrogen-bond donors (Lipinski definition) is 0. The zero-order valence-corrected chi connectivity index (χ0v) is 8.68. The van der Waals surface area contributed by atoms with Crippen LogP contribution in [0.2, 0.25) is 0 Å². The minimum Gasteiger partial charge on any atom is -0.294 e. The zero-order valence-electron chi connectivity index (χ0n) is 7.05. The van der Waals surface area contributed by atoms with E-state index in [0.717, 1.165) is 15.7 Å². The average Bonchev–Trinajstić information content (AvgIpc) is 2.37. The molecule has 1 heterocycles. The molecule has 2 nitrogen and oxygen atoms in total.